The van der Waals surface area contributed by atoms with Crippen LogP contribution in [0.25, 0.3) is 5.69 Å². The van der Waals surface area contributed by atoms with Gasteiger partial charge in [0.05, 0.1) is 12.2 Å². The summed E-state index contributed by atoms with van der Waals surface area (Å²) in [6.45, 7) is 6.51. The van der Waals surface area contributed by atoms with Gasteiger partial charge in [-0.1, -0.05) is 6.07 Å². The maximum absolute atomic E-state index is 12.2. The topological polar surface area (TPSA) is 104 Å². The fourth-order valence-corrected chi connectivity index (χ4v) is 2.34. The molecule has 1 aromatic heterocycles. The van der Waals surface area contributed by atoms with Gasteiger partial charge in [-0.05, 0) is 57.0 Å². The van der Waals surface area contributed by atoms with Crippen LogP contribution in [0.4, 0.5) is 0 Å². The Bertz CT molecular complexity index is 773. The number of aliphatic carboxylic acids is 1. The average Bonchev–Trinajstić information content (AvgIpc) is 2.85. The van der Waals surface area contributed by atoms with Gasteiger partial charge in [-0.3, -0.25) is 4.79 Å². The summed E-state index contributed by atoms with van der Waals surface area (Å²) in [5.74, 6) is -1.94. The molecule has 0 bridgehead atoms. The second-order valence-corrected chi connectivity index (χ2v) is 6.19. The number of rotatable bonds is 5. The number of aromatic nitrogens is 2. The molecular weight excluding hydrogens is 310 g/mol. The second kappa shape index (κ2) is 6.45. The zero-order chi connectivity index (χ0) is 18.1. The predicted molar refractivity (Wildman–Crippen MR) is 88.4 cm³/mol. The monoisotopic (exact) mass is 331 g/mol. The van der Waals surface area contributed by atoms with Gasteiger partial charge in [0.1, 0.15) is 0 Å². The number of aliphatic hydroxyl groups is 1. The number of carbonyl (C=O) groups excluding carboxylic acids is 1. The Kier molecular flexibility index (Phi) is 4.75. The molecule has 0 aliphatic rings. The molecule has 1 aromatic carbocycles. The molecule has 0 saturated heterocycles. The number of hydrogen-bond donors (Lipinski definition) is 3. The molecule has 1 amide bonds. The summed E-state index contributed by atoms with van der Waals surface area (Å²) in [5, 5.41) is 25.2. The molecule has 128 valence electrons. The van der Waals surface area contributed by atoms with Crippen molar-refractivity contribution in [3.8, 4) is 5.69 Å². The smallest absolute Gasteiger partial charge is 0.337 e. The largest absolute Gasteiger partial charge is 0.479 e. The normalized spacial score (nSPS) is 13.4. The van der Waals surface area contributed by atoms with Crippen LogP contribution >= 0.6 is 0 Å². The zero-order valence-electron chi connectivity index (χ0n) is 14.1. The average molecular weight is 331 g/mol. The van der Waals surface area contributed by atoms with Gasteiger partial charge < -0.3 is 15.5 Å². The summed E-state index contributed by atoms with van der Waals surface area (Å²) in [7, 11) is 0. The van der Waals surface area contributed by atoms with Gasteiger partial charge in [-0.15, -0.1) is 0 Å². The number of carbonyl (C=O) groups is 2. The van der Waals surface area contributed by atoms with Crippen molar-refractivity contribution in [1.29, 1.82) is 0 Å². The van der Waals surface area contributed by atoms with Crippen LogP contribution in [0.1, 0.15) is 34.2 Å². The van der Waals surface area contributed by atoms with Crippen LogP contribution in [0, 0.1) is 20.8 Å². The molecule has 0 aliphatic carbocycles. The highest BCUT2D eigenvalue weighted by Gasteiger charge is 2.30. The van der Waals surface area contributed by atoms with Crippen molar-refractivity contribution < 1.29 is 19.8 Å². The highest BCUT2D eigenvalue weighted by molar-refractivity contribution is 5.93. The van der Waals surface area contributed by atoms with Crippen LogP contribution < -0.4 is 5.32 Å². The molecule has 24 heavy (non-hydrogen) atoms. The number of aryl methyl sites for hydroxylation is 3. The van der Waals surface area contributed by atoms with E-state index in [1.807, 2.05) is 39.0 Å². The second-order valence-electron chi connectivity index (χ2n) is 6.19. The van der Waals surface area contributed by atoms with Gasteiger partial charge in [-0.2, -0.15) is 5.10 Å². The third-order valence-electron chi connectivity index (χ3n) is 3.62. The number of carboxylic acids is 1. The minimum absolute atomic E-state index is 0.160. The van der Waals surface area contributed by atoms with Crippen molar-refractivity contribution in [3.05, 3.63) is 46.8 Å². The van der Waals surface area contributed by atoms with Crippen LogP contribution in [0.5, 0.6) is 0 Å². The summed E-state index contributed by atoms with van der Waals surface area (Å²) in [6.07, 6.45) is 0. The third-order valence-corrected chi connectivity index (χ3v) is 3.62. The molecule has 1 atom stereocenters. The number of hydrogen-bond acceptors (Lipinski definition) is 4. The number of nitrogens with zero attached hydrogens (tertiary/aromatic N) is 2. The SMILES string of the molecule is Cc1cc(C)cc(-n2nc(C(=O)NCC(C)(O)C(=O)O)cc2C)c1. The molecule has 0 radical (unpaired) electrons. The van der Waals surface area contributed by atoms with Gasteiger partial charge in [0.25, 0.3) is 5.91 Å². The van der Waals surface area contributed by atoms with Crippen LogP contribution in [0.15, 0.2) is 24.3 Å². The molecule has 1 unspecified atom stereocenters. The van der Waals surface area contributed by atoms with Gasteiger partial charge in [0.2, 0.25) is 0 Å². The minimum Gasteiger partial charge on any atom is -0.479 e. The highest BCUT2D eigenvalue weighted by atomic mass is 16.4. The van der Waals surface area contributed by atoms with E-state index in [-0.39, 0.29) is 5.69 Å². The molecule has 7 nitrogen and oxygen atoms in total. The molecule has 0 fully saturated rings. The fourth-order valence-electron chi connectivity index (χ4n) is 2.34. The first-order chi connectivity index (χ1) is 11.1. The van der Waals surface area contributed by atoms with Gasteiger partial charge in [0.15, 0.2) is 11.3 Å². The van der Waals surface area contributed by atoms with E-state index in [2.05, 4.69) is 10.4 Å². The Balaban J connectivity index is 2.22. The molecule has 7 heteroatoms. The number of nitrogens with one attached hydrogen (secondary N) is 1. The van der Waals surface area contributed by atoms with E-state index in [0.29, 0.717) is 0 Å². The Labute approximate surface area is 139 Å². The lowest BCUT2D eigenvalue weighted by molar-refractivity contribution is -0.155. The Morgan fingerprint density at radius 3 is 2.29 bits per heavy atom. The lowest BCUT2D eigenvalue weighted by Gasteiger charge is -2.17. The predicted octanol–water partition coefficient (Wildman–Crippen LogP) is 1.36. The van der Waals surface area contributed by atoms with E-state index >= 15 is 0 Å². The van der Waals surface area contributed by atoms with Gasteiger partial charge in [0, 0.05) is 5.69 Å². The van der Waals surface area contributed by atoms with Crippen molar-refractivity contribution in [2.45, 2.75) is 33.3 Å². The summed E-state index contributed by atoms with van der Waals surface area (Å²) >= 11 is 0. The van der Waals surface area contributed by atoms with Crippen LogP contribution in [0.2, 0.25) is 0 Å². The van der Waals surface area contributed by atoms with E-state index < -0.39 is 24.0 Å². The quantitative estimate of drug-likeness (QED) is 0.767. The molecule has 1 heterocycles. The van der Waals surface area contributed by atoms with E-state index in [4.69, 9.17) is 5.11 Å². The molecule has 3 N–H and O–H groups in total. The molecule has 2 rings (SSSR count). The van der Waals surface area contributed by atoms with Crippen molar-refractivity contribution in [1.82, 2.24) is 15.1 Å². The van der Waals surface area contributed by atoms with Crippen LogP contribution in [-0.4, -0.2) is 44.0 Å². The maximum Gasteiger partial charge on any atom is 0.337 e. The first-order valence-electron chi connectivity index (χ1n) is 7.49. The Morgan fingerprint density at radius 2 is 1.75 bits per heavy atom. The number of carboxylic acid groups (broad SMARTS) is 1. The molecule has 0 saturated carbocycles. The highest BCUT2D eigenvalue weighted by Crippen LogP contribution is 2.16. The first kappa shape index (κ1) is 17.7. The van der Waals surface area contributed by atoms with E-state index in [1.54, 1.807) is 10.7 Å². The Hall–Kier alpha value is -2.67. The van der Waals surface area contributed by atoms with Crippen molar-refractivity contribution >= 4 is 11.9 Å². The van der Waals surface area contributed by atoms with Crippen LogP contribution in [-0.2, 0) is 4.79 Å². The van der Waals surface area contributed by atoms with Crippen molar-refractivity contribution in [3.63, 3.8) is 0 Å². The summed E-state index contributed by atoms with van der Waals surface area (Å²) in [4.78, 5) is 23.0. The minimum atomic E-state index is -2.03. The third kappa shape index (κ3) is 3.80. The summed E-state index contributed by atoms with van der Waals surface area (Å²) in [5.41, 5.74) is 1.93. The van der Waals surface area contributed by atoms with E-state index in [1.165, 1.54) is 0 Å². The van der Waals surface area contributed by atoms with Crippen molar-refractivity contribution in [2.75, 3.05) is 6.54 Å². The lowest BCUT2D eigenvalue weighted by Crippen LogP contribution is -2.46. The lowest BCUT2D eigenvalue weighted by atomic mass is 10.1. The zero-order valence-corrected chi connectivity index (χ0v) is 14.1. The number of benzene rings is 1. The maximum atomic E-state index is 12.2. The first-order valence-corrected chi connectivity index (χ1v) is 7.49. The standard InChI is InChI=1S/C17H21N3O4/c1-10-5-11(2)7-13(6-10)20-12(3)8-14(19-20)15(21)18-9-17(4,24)16(22)23/h5-8,24H,9H2,1-4H3,(H,18,21)(H,22,23). The van der Waals surface area contributed by atoms with Crippen LogP contribution in [0.3, 0.4) is 0 Å². The van der Waals surface area contributed by atoms with Gasteiger partial charge >= 0.3 is 5.97 Å². The van der Waals surface area contributed by atoms with Gasteiger partial charge in [-0.25, -0.2) is 9.48 Å². The number of amides is 1. The summed E-state index contributed by atoms with van der Waals surface area (Å²) < 4.78 is 1.66. The fraction of sp³-hybridized carbons (Fsp3) is 0.353. The van der Waals surface area contributed by atoms with E-state index in [0.717, 1.165) is 29.4 Å². The molecule has 2 aromatic rings. The van der Waals surface area contributed by atoms with Crippen molar-refractivity contribution in [2.24, 2.45) is 0 Å². The molecule has 0 spiro atoms. The summed E-state index contributed by atoms with van der Waals surface area (Å²) in [6, 6.07) is 7.58. The van der Waals surface area contributed by atoms with E-state index in [9.17, 15) is 14.7 Å². The molecular formula is C17H21N3O4. The molecule has 0 aliphatic heterocycles. The Morgan fingerprint density at radius 1 is 1.17 bits per heavy atom.